The van der Waals surface area contributed by atoms with Gasteiger partial charge in [-0.3, -0.25) is 4.79 Å². The predicted molar refractivity (Wildman–Crippen MR) is 78.5 cm³/mol. The van der Waals surface area contributed by atoms with Gasteiger partial charge in [-0.05, 0) is 24.5 Å². The molecule has 0 bridgehead atoms. The molecule has 21 heavy (non-hydrogen) atoms. The van der Waals surface area contributed by atoms with E-state index in [1.54, 1.807) is 10.9 Å². The summed E-state index contributed by atoms with van der Waals surface area (Å²) < 4.78 is 1.73. The Hall–Kier alpha value is -2.37. The maximum Gasteiger partial charge on any atom is 0.255 e. The minimum absolute atomic E-state index is 0.0492. The van der Waals surface area contributed by atoms with Crippen LogP contribution in [-0.4, -0.2) is 33.8 Å². The van der Waals surface area contributed by atoms with E-state index < -0.39 is 0 Å². The first kappa shape index (κ1) is 12.4. The zero-order chi connectivity index (χ0) is 14.4. The number of hydrogen-bond donors (Lipinski definition) is 1. The summed E-state index contributed by atoms with van der Waals surface area (Å²) in [4.78, 5) is 18.4. The summed E-state index contributed by atoms with van der Waals surface area (Å²) in [5.41, 5.74) is 2.35. The number of carbonyl (C=O) groups is 1. The van der Waals surface area contributed by atoms with Crippen LogP contribution in [0.1, 0.15) is 29.4 Å². The van der Waals surface area contributed by atoms with Gasteiger partial charge in [0.15, 0.2) is 0 Å². The van der Waals surface area contributed by atoms with Crippen LogP contribution in [0.2, 0.25) is 0 Å². The second-order valence-electron chi connectivity index (χ2n) is 5.83. The van der Waals surface area contributed by atoms with E-state index in [1.807, 2.05) is 18.3 Å². The third kappa shape index (κ3) is 2.07. The minimum atomic E-state index is -0.0492. The molecule has 2 aromatic rings. The van der Waals surface area contributed by atoms with Crippen LogP contribution >= 0.6 is 0 Å². The molecule has 1 N–H and O–H groups in total. The molecule has 4 rings (SSSR count). The summed E-state index contributed by atoms with van der Waals surface area (Å²) in [6.45, 7) is 4.93. The summed E-state index contributed by atoms with van der Waals surface area (Å²) in [6.07, 6.45) is 4.81. The van der Waals surface area contributed by atoms with Gasteiger partial charge in [0.1, 0.15) is 5.82 Å². The molecule has 0 aliphatic carbocycles. The molecule has 0 spiro atoms. The van der Waals surface area contributed by atoms with Crippen LogP contribution in [0.25, 0.3) is 5.69 Å². The highest BCUT2D eigenvalue weighted by Gasteiger charge is 2.23. The maximum atomic E-state index is 11.6. The highest BCUT2D eigenvalue weighted by molar-refractivity contribution is 5.97. The van der Waals surface area contributed by atoms with E-state index in [2.05, 4.69) is 27.2 Å². The average Bonchev–Trinajstić information content (AvgIpc) is 3.17. The molecule has 1 unspecified atom stereocenters. The summed E-state index contributed by atoms with van der Waals surface area (Å²) in [6, 6.07) is 4.03. The maximum absolute atomic E-state index is 11.6. The molecule has 6 heteroatoms. The first-order valence-corrected chi connectivity index (χ1v) is 7.29. The summed E-state index contributed by atoms with van der Waals surface area (Å²) in [5, 5.41) is 7.19. The standard InChI is InChI=1S/C15H17N5O/c1-10-4-5-19(8-10)14-3-2-11(6-16-14)20-9-12-13(18-20)7-17-15(12)21/h2-3,6,9-10H,4-5,7-8H2,1H3,(H,17,21). The van der Waals surface area contributed by atoms with Gasteiger partial charge >= 0.3 is 0 Å². The van der Waals surface area contributed by atoms with Crippen molar-refractivity contribution in [2.24, 2.45) is 5.92 Å². The van der Waals surface area contributed by atoms with Gasteiger partial charge in [-0.2, -0.15) is 5.10 Å². The Morgan fingerprint density at radius 2 is 2.29 bits per heavy atom. The Bertz CT molecular complexity index is 691. The third-order valence-electron chi connectivity index (χ3n) is 4.20. The number of hydrogen-bond acceptors (Lipinski definition) is 4. The van der Waals surface area contributed by atoms with Gasteiger partial charge in [-0.15, -0.1) is 0 Å². The fourth-order valence-electron chi connectivity index (χ4n) is 2.97. The van der Waals surface area contributed by atoms with Crippen LogP contribution in [0.4, 0.5) is 5.82 Å². The van der Waals surface area contributed by atoms with E-state index >= 15 is 0 Å². The number of fused-ring (bicyclic) bond motifs is 1. The Labute approximate surface area is 122 Å². The van der Waals surface area contributed by atoms with E-state index in [0.717, 1.165) is 36.2 Å². The second-order valence-corrected chi connectivity index (χ2v) is 5.83. The normalized spacial score (nSPS) is 20.7. The van der Waals surface area contributed by atoms with Crippen LogP contribution in [-0.2, 0) is 6.54 Å². The number of nitrogens with one attached hydrogen (secondary N) is 1. The highest BCUT2D eigenvalue weighted by Crippen LogP contribution is 2.23. The molecule has 1 fully saturated rings. The number of aromatic nitrogens is 3. The van der Waals surface area contributed by atoms with Crippen molar-refractivity contribution in [3.8, 4) is 5.69 Å². The van der Waals surface area contributed by atoms with E-state index in [-0.39, 0.29) is 5.91 Å². The van der Waals surface area contributed by atoms with E-state index in [4.69, 9.17) is 0 Å². The number of carbonyl (C=O) groups excluding carboxylic acids is 1. The molecule has 2 aliphatic rings. The first-order valence-electron chi connectivity index (χ1n) is 7.29. The van der Waals surface area contributed by atoms with Crippen molar-refractivity contribution < 1.29 is 4.79 Å². The monoisotopic (exact) mass is 283 g/mol. The lowest BCUT2D eigenvalue weighted by Crippen LogP contribution is -2.20. The fraction of sp³-hybridized carbons (Fsp3) is 0.400. The van der Waals surface area contributed by atoms with E-state index in [9.17, 15) is 4.79 Å². The lowest BCUT2D eigenvalue weighted by Gasteiger charge is -2.16. The molecule has 1 saturated heterocycles. The molecule has 4 heterocycles. The zero-order valence-electron chi connectivity index (χ0n) is 11.9. The smallest absolute Gasteiger partial charge is 0.255 e. The summed E-state index contributed by atoms with van der Waals surface area (Å²) in [5.74, 6) is 1.70. The van der Waals surface area contributed by atoms with Crippen LogP contribution in [0.15, 0.2) is 24.5 Å². The van der Waals surface area contributed by atoms with Crippen LogP contribution < -0.4 is 10.2 Å². The van der Waals surface area contributed by atoms with Gasteiger partial charge in [0.05, 0.1) is 29.7 Å². The SMILES string of the molecule is CC1CCN(c2ccc(-n3cc4c(n3)CNC4=O)cn2)C1. The van der Waals surface area contributed by atoms with Crippen molar-refractivity contribution >= 4 is 11.7 Å². The van der Waals surface area contributed by atoms with Gasteiger partial charge in [-0.25, -0.2) is 9.67 Å². The molecule has 0 saturated carbocycles. The number of anilines is 1. The number of pyridine rings is 1. The van der Waals surface area contributed by atoms with Gasteiger partial charge in [0.25, 0.3) is 5.91 Å². The second kappa shape index (κ2) is 4.58. The lowest BCUT2D eigenvalue weighted by atomic mass is 10.2. The van der Waals surface area contributed by atoms with Crippen molar-refractivity contribution in [3.63, 3.8) is 0 Å². The van der Waals surface area contributed by atoms with Gasteiger partial charge in [-0.1, -0.05) is 6.92 Å². The van der Waals surface area contributed by atoms with Crippen LogP contribution in [0, 0.1) is 5.92 Å². The molecule has 0 radical (unpaired) electrons. The van der Waals surface area contributed by atoms with Gasteiger partial charge < -0.3 is 10.2 Å². The highest BCUT2D eigenvalue weighted by atomic mass is 16.2. The van der Waals surface area contributed by atoms with Crippen LogP contribution in [0.5, 0.6) is 0 Å². The molecule has 2 aliphatic heterocycles. The molecular formula is C15H17N5O. The molecule has 6 nitrogen and oxygen atoms in total. The van der Waals surface area contributed by atoms with Crippen molar-refractivity contribution in [2.45, 2.75) is 19.9 Å². The Kier molecular flexibility index (Phi) is 2.70. The first-order chi connectivity index (χ1) is 10.2. The predicted octanol–water partition coefficient (Wildman–Crippen LogP) is 1.36. The molecular weight excluding hydrogens is 266 g/mol. The van der Waals surface area contributed by atoms with Crippen molar-refractivity contribution in [3.05, 3.63) is 35.8 Å². The Balaban J connectivity index is 1.59. The van der Waals surface area contributed by atoms with E-state index in [1.165, 1.54) is 6.42 Å². The number of amides is 1. The summed E-state index contributed by atoms with van der Waals surface area (Å²) in [7, 11) is 0. The van der Waals surface area contributed by atoms with Gasteiger partial charge in [0, 0.05) is 19.3 Å². The Morgan fingerprint density at radius 1 is 1.38 bits per heavy atom. The fourth-order valence-corrected chi connectivity index (χ4v) is 2.97. The van der Waals surface area contributed by atoms with E-state index in [0.29, 0.717) is 12.1 Å². The molecule has 1 amide bonds. The van der Waals surface area contributed by atoms with Crippen molar-refractivity contribution in [2.75, 3.05) is 18.0 Å². The Morgan fingerprint density at radius 3 is 2.95 bits per heavy atom. The molecule has 0 aromatic carbocycles. The quantitative estimate of drug-likeness (QED) is 0.904. The third-order valence-corrected chi connectivity index (χ3v) is 4.20. The van der Waals surface area contributed by atoms with Gasteiger partial charge in [0.2, 0.25) is 0 Å². The lowest BCUT2D eigenvalue weighted by molar-refractivity contribution is 0.0965. The topological polar surface area (TPSA) is 63.1 Å². The summed E-state index contributed by atoms with van der Waals surface area (Å²) >= 11 is 0. The molecule has 2 aromatic heterocycles. The van der Waals surface area contributed by atoms with Crippen molar-refractivity contribution in [1.29, 1.82) is 0 Å². The minimum Gasteiger partial charge on any atom is -0.356 e. The molecule has 108 valence electrons. The largest absolute Gasteiger partial charge is 0.356 e. The average molecular weight is 283 g/mol. The number of rotatable bonds is 2. The van der Waals surface area contributed by atoms with Crippen LogP contribution in [0.3, 0.4) is 0 Å². The van der Waals surface area contributed by atoms with Crippen molar-refractivity contribution in [1.82, 2.24) is 20.1 Å². The zero-order valence-corrected chi connectivity index (χ0v) is 11.9. The number of nitrogens with zero attached hydrogens (tertiary/aromatic N) is 4. The molecule has 1 atom stereocenters.